The average molecular weight is 141 g/mol. The van der Waals surface area contributed by atoms with Crippen molar-refractivity contribution < 1.29 is 4.74 Å². The topological polar surface area (TPSA) is 9.23 Å². The number of rotatable bonds is 4. The molecule has 1 saturated carbocycles. The Morgan fingerprint density at radius 1 is 1.40 bits per heavy atom. The van der Waals surface area contributed by atoms with Crippen molar-refractivity contribution in [1.82, 2.24) is 0 Å². The molecule has 1 nitrogen and oxygen atoms in total. The Labute approximate surface area is 63.8 Å². The lowest BCUT2D eigenvalue weighted by Crippen LogP contribution is -1.97. The molecule has 0 unspecified atom stereocenters. The molecule has 0 bridgehead atoms. The zero-order valence-corrected chi connectivity index (χ0v) is 6.81. The van der Waals surface area contributed by atoms with Gasteiger partial charge in [0.05, 0.1) is 0 Å². The van der Waals surface area contributed by atoms with E-state index in [1.165, 1.54) is 25.7 Å². The van der Waals surface area contributed by atoms with Gasteiger partial charge < -0.3 is 4.74 Å². The van der Waals surface area contributed by atoms with E-state index in [2.05, 4.69) is 6.42 Å². The Kier molecular flexibility index (Phi) is 3.81. The van der Waals surface area contributed by atoms with Gasteiger partial charge in [-0.25, -0.2) is 0 Å². The third-order valence-electron chi connectivity index (χ3n) is 2.22. The first-order valence-electron chi connectivity index (χ1n) is 4.26. The van der Waals surface area contributed by atoms with Crippen molar-refractivity contribution >= 4 is 0 Å². The fourth-order valence-electron chi connectivity index (χ4n) is 1.61. The largest absolute Gasteiger partial charge is 0.385 e. The molecule has 1 heteroatoms. The third kappa shape index (κ3) is 2.70. The minimum Gasteiger partial charge on any atom is -0.385 e. The lowest BCUT2D eigenvalue weighted by molar-refractivity contribution is 0.198. The van der Waals surface area contributed by atoms with Crippen LogP contribution in [-0.2, 0) is 4.74 Å². The van der Waals surface area contributed by atoms with Gasteiger partial charge in [-0.2, -0.15) is 0 Å². The molecule has 0 atom stereocenters. The van der Waals surface area contributed by atoms with Crippen LogP contribution in [0.4, 0.5) is 0 Å². The highest BCUT2D eigenvalue weighted by Crippen LogP contribution is 2.27. The summed E-state index contributed by atoms with van der Waals surface area (Å²) in [7, 11) is 1.77. The summed E-state index contributed by atoms with van der Waals surface area (Å²) in [5.74, 6) is 0.912. The van der Waals surface area contributed by atoms with Gasteiger partial charge in [-0.15, -0.1) is 0 Å². The van der Waals surface area contributed by atoms with Gasteiger partial charge >= 0.3 is 0 Å². The van der Waals surface area contributed by atoms with Crippen LogP contribution in [0.15, 0.2) is 0 Å². The zero-order chi connectivity index (χ0) is 7.23. The van der Waals surface area contributed by atoms with Gasteiger partial charge in [0.2, 0.25) is 0 Å². The molecule has 1 aliphatic carbocycles. The molecular formula is C9H17O. The van der Waals surface area contributed by atoms with E-state index in [0.717, 1.165) is 18.9 Å². The van der Waals surface area contributed by atoms with Crippen molar-refractivity contribution in [2.24, 2.45) is 5.92 Å². The van der Waals surface area contributed by atoms with Crippen molar-refractivity contribution in [2.45, 2.75) is 32.1 Å². The summed E-state index contributed by atoms with van der Waals surface area (Å²) in [6, 6.07) is 0. The van der Waals surface area contributed by atoms with Crippen LogP contribution in [0.2, 0.25) is 0 Å². The van der Waals surface area contributed by atoms with Crippen LogP contribution in [-0.4, -0.2) is 13.7 Å². The zero-order valence-electron chi connectivity index (χ0n) is 6.81. The maximum atomic E-state index is 4.97. The molecular weight excluding hydrogens is 124 g/mol. The van der Waals surface area contributed by atoms with Crippen LogP contribution in [0.3, 0.4) is 0 Å². The average Bonchev–Trinajstić information content (AvgIpc) is 2.41. The van der Waals surface area contributed by atoms with Gasteiger partial charge in [0, 0.05) is 13.7 Å². The Morgan fingerprint density at radius 3 is 2.70 bits per heavy atom. The number of methoxy groups -OCH3 is 1. The molecule has 0 saturated heterocycles. The van der Waals surface area contributed by atoms with Crippen LogP contribution in [0, 0.1) is 12.3 Å². The summed E-state index contributed by atoms with van der Waals surface area (Å²) in [6.07, 6.45) is 9.29. The van der Waals surface area contributed by atoms with Crippen LogP contribution in [0.25, 0.3) is 0 Å². The van der Waals surface area contributed by atoms with E-state index >= 15 is 0 Å². The van der Waals surface area contributed by atoms with Gasteiger partial charge in [-0.05, 0) is 18.8 Å². The molecule has 1 rings (SSSR count). The number of ether oxygens (including phenoxy) is 1. The Balaban J connectivity index is 1.91. The third-order valence-corrected chi connectivity index (χ3v) is 2.22. The summed E-state index contributed by atoms with van der Waals surface area (Å²) in [6.45, 7) is 0.899. The van der Waals surface area contributed by atoms with Crippen LogP contribution in [0.1, 0.15) is 32.1 Å². The summed E-state index contributed by atoms with van der Waals surface area (Å²) in [5, 5.41) is 0. The highest BCUT2D eigenvalue weighted by atomic mass is 16.5. The monoisotopic (exact) mass is 141 g/mol. The molecule has 0 amide bonds. The molecule has 0 N–H and O–H groups in total. The molecule has 1 radical (unpaired) electrons. The van der Waals surface area contributed by atoms with Crippen molar-refractivity contribution in [3.05, 3.63) is 6.42 Å². The first kappa shape index (κ1) is 8.06. The smallest absolute Gasteiger partial charge is 0.0465 e. The molecule has 10 heavy (non-hydrogen) atoms. The highest BCUT2D eigenvalue weighted by molar-refractivity contribution is 4.80. The SMILES string of the molecule is COCC[CH]C1CCCC1. The minimum atomic E-state index is 0.899. The predicted octanol–water partition coefficient (Wildman–Crippen LogP) is 2.42. The van der Waals surface area contributed by atoms with Crippen molar-refractivity contribution in [3.63, 3.8) is 0 Å². The Bertz CT molecular complexity index is 74.8. The van der Waals surface area contributed by atoms with Crippen molar-refractivity contribution in [1.29, 1.82) is 0 Å². The molecule has 0 aliphatic heterocycles. The number of hydrogen-bond acceptors (Lipinski definition) is 1. The Morgan fingerprint density at radius 2 is 2.10 bits per heavy atom. The molecule has 0 aromatic carbocycles. The standard InChI is InChI=1S/C9H17O/c1-10-8-4-7-9-5-2-3-6-9/h7,9H,2-6,8H2,1H3. The van der Waals surface area contributed by atoms with Gasteiger partial charge in [0.1, 0.15) is 0 Å². The van der Waals surface area contributed by atoms with Crippen LogP contribution in [0.5, 0.6) is 0 Å². The van der Waals surface area contributed by atoms with E-state index in [9.17, 15) is 0 Å². The fourth-order valence-corrected chi connectivity index (χ4v) is 1.61. The van der Waals surface area contributed by atoms with E-state index in [1.807, 2.05) is 0 Å². The van der Waals surface area contributed by atoms with E-state index in [0.29, 0.717) is 0 Å². The fraction of sp³-hybridized carbons (Fsp3) is 0.889. The summed E-state index contributed by atoms with van der Waals surface area (Å²) in [4.78, 5) is 0. The van der Waals surface area contributed by atoms with Crippen molar-refractivity contribution in [3.8, 4) is 0 Å². The second kappa shape index (κ2) is 4.73. The van der Waals surface area contributed by atoms with Crippen LogP contribution >= 0.6 is 0 Å². The van der Waals surface area contributed by atoms with Crippen LogP contribution < -0.4 is 0 Å². The Hall–Kier alpha value is -0.0400. The summed E-state index contributed by atoms with van der Waals surface area (Å²) in [5.41, 5.74) is 0. The molecule has 0 heterocycles. The lowest BCUT2D eigenvalue weighted by atomic mass is 10.0. The van der Waals surface area contributed by atoms with Gasteiger partial charge in [-0.1, -0.05) is 25.7 Å². The van der Waals surface area contributed by atoms with Crippen molar-refractivity contribution in [2.75, 3.05) is 13.7 Å². The maximum absolute atomic E-state index is 4.97. The second-order valence-corrected chi connectivity index (χ2v) is 3.06. The lowest BCUT2D eigenvalue weighted by Gasteiger charge is -2.06. The molecule has 0 aromatic rings. The normalized spacial score (nSPS) is 20.1. The summed E-state index contributed by atoms with van der Waals surface area (Å²) >= 11 is 0. The maximum Gasteiger partial charge on any atom is 0.0465 e. The van der Waals surface area contributed by atoms with E-state index < -0.39 is 0 Å². The molecule has 0 spiro atoms. The predicted molar refractivity (Wildman–Crippen MR) is 42.8 cm³/mol. The first-order chi connectivity index (χ1) is 4.93. The van der Waals surface area contributed by atoms with Gasteiger partial charge in [-0.3, -0.25) is 0 Å². The summed E-state index contributed by atoms with van der Waals surface area (Å²) < 4.78 is 4.97. The molecule has 1 fully saturated rings. The minimum absolute atomic E-state index is 0.899. The highest BCUT2D eigenvalue weighted by Gasteiger charge is 2.13. The molecule has 0 aromatic heterocycles. The van der Waals surface area contributed by atoms with E-state index in [-0.39, 0.29) is 0 Å². The molecule has 59 valence electrons. The van der Waals surface area contributed by atoms with Gasteiger partial charge in [0.15, 0.2) is 0 Å². The molecule has 1 aliphatic rings. The van der Waals surface area contributed by atoms with Gasteiger partial charge in [0.25, 0.3) is 0 Å². The quantitative estimate of drug-likeness (QED) is 0.546. The first-order valence-corrected chi connectivity index (χ1v) is 4.26. The number of hydrogen-bond donors (Lipinski definition) is 0. The second-order valence-electron chi connectivity index (χ2n) is 3.06. The van der Waals surface area contributed by atoms with E-state index in [4.69, 9.17) is 4.74 Å². The van der Waals surface area contributed by atoms with E-state index in [1.54, 1.807) is 7.11 Å².